The van der Waals surface area contributed by atoms with Crippen LogP contribution >= 0.6 is 23.5 Å². The second-order valence-corrected chi connectivity index (χ2v) is 7.56. The Labute approximate surface area is 158 Å². The lowest BCUT2D eigenvalue weighted by atomic mass is 10.4. The van der Waals surface area contributed by atoms with E-state index in [0.29, 0.717) is 19.8 Å². The van der Waals surface area contributed by atoms with Crippen molar-refractivity contribution in [2.24, 2.45) is 0 Å². The van der Waals surface area contributed by atoms with Crippen LogP contribution in [0.25, 0.3) is 11.0 Å². The first-order valence-corrected chi connectivity index (χ1v) is 10.9. The number of aromatic nitrogens is 4. The van der Waals surface area contributed by atoms with Crippen molar-refractivity contribution >= 4 is 34.6 Å². The van der Waals surface area contributed by atoms with Crippen LogP contribution < -0.4 is 0 Å². The van der Waals surface area contributed by atoms with Crippen molar-refractivity contribution in [3.05, 3.63) is 6.20 Å². The van der Waals surface area contributed by atoms with E-state index in [4.69, 9.17) is 19.4 Å². The predicted octanol–water partition coefficient (Wildman–Crippen LogP) is 4.23. The summed E-state index contributed by atoms with van der Waals surface area (Å²) < 4.78 is 13.2. The highest BCUT2D eigenvalue weighted by atomic mass is 32.2. The lowest BCUT2D eigenvalue weighted by Gasteiger charge is -2.17. The van der Waals surface area contributed by atoms with E-state index in [0.717, 1.165) is 45.6 Å². The van der Waals surface area contributed by atoms with E-state index in [2.05, 4.69) is 18.9 Å². The zero-order chi connectivity index (χ0) is 18.1. The van der Waals surface area contributed by atoms with Crippen LogP contribution in [0.5, 0.6) is 0 Å². The summed E-state index contributed by atoms with van der Waals surface area (Å²) in [6, 6.07) is 0. The highest BCUT2D eigenvalue weighted by molar-refractivity contribution is 7.99. The fraction of sp³-hybridized carbons (Fsp3) is 0.706. The van der Waals surface area contributed by atoms with Gasteiger partial charge in [-0.2, -0.15) is 5.10 Å². The van der Waals surface area contributed by atoms with E-state index in [1.54, 1.807) is 23.5 Å². The Morgan fingerprint density at radius 2 is 1.68 bits per heavy atom. The second-order valence-electron chi connectivity index (χ2n) is 5.41. The Balaban J connectivity index is 2.33. The molecule has 0 bridgehead atoms. The Kier molecular flexibility index (Phi) is 9.02. The van der Waals surface area contributed by atoms with Gasteiger partial charge in [-0.1, -0.05) is 25.6 Å². The molecular weight excluding hydrogens is 356 g/mol. The number of ether oxygens (including phenoxy) is 2. The Bertz CT molecular complexity index is 645. The number of hydrogen-bond acceptors (Lipinski definition) is 7. The lowest BCUT2D eigenvalue weighted by Crippen LogP contribution is -2.24. The van der Waals surface area contributed by atoms with E-state index in [9.17, 15) is 0 Å². The van der Waals surface area contributed by atoms with Gasteiger partial charge in [0, 0.05) is 19.0 Å². The van der Waals surface area contributed by atoms with Gasteiger partial charge in [-0.15, -0.1) is 11.8 Å². The first-order chi connectivity index (χ1) is 12.2. The summed E-state index contributed by atoms with van der Waals surface area (Å²) in [6.07, 6.45) is 3.75. The Morgan fingerprint density at radius 3 is 2.32 bits per heavy atom. The monoisotopic (exact) mass is 384 g/mol. The van der Waals surface area contributed by atoms with Gasteiger partial charge in [-0.25, -0.2) is 14.6 Å². The van der Waals surface area contributed by atoms with Gasteiger partial charge in [-0.05, 0) is 32.4 Å². The molecule has 2 aromatic heterocycles. The van der Waals surface area contributed by atoms with Gasteiger partial charge in [0.1, 0.15) is 5.03 Å². The maximum absolute atomic E-state index is 5.66. The molecule has 0 unspecified atom stereocenters. The van der Waals surface area contributed by atoms with Crippen molar-refractivity contribution in [1.82, 2.24) is 19.7 Å². The molecule has 0 saturated carbocycles. The maximum Gasteiger partial charge on any atom is 0.190 e. The minimum Gasteiger partial charge on any atom is -0.351 e. The quantitative estimate of drug-likeness (QED) is 0.235. The Hall–Kier alpha value is -0.830. The zero-order valence-corrected chi connectivity index (χ0v) is 17.2. The largest absolute Gasteiger partial charge is 0.351 e. The molecule has 2 rings (SSSR count). The Morgan fingerprint density at radius 1 is 1.00 bits per heavy atom. The van der Waals surface area contributed by atoms with Crippen LogP contribution in [0.15, 0.2) is 16.4 Å². The van der Waals surface area contributed by atoms with Gasteiger partial charge in [0.25, 0.3) is 0 Å². The van der Waals surface area contributed by atoms with Crippen LogP contribution in [0, 0.1) is 0 Å². The molecule has 25 heavy (non-hydrogen) atoms. The molecule has 0 atom stereocenters. The molecule has 0 amide bonds. The summed E-state index contributed by atoms with van der Waals surface area (Å²) >= 11 is 3.47. The normalized spacial score (nSPS) is 11.7. The molecule has 8 heteroatoms. The summed E-state index contributed by atoms with van der Waals surface area (Å²) in [4.78, 5) is 9.48. The van der Waals surface area contributed by atoms with Gasteiger partial charge in [-0.3, -0.25) is 0 Å². The van der Waals surface area contributed by atoms with E-state index in [1.807, 2.05) is 24.7 Å². The van der Waals surface area contributed by atoms with E-state index in [1.165, 1.54) is 0 Å². The molecule has 0 aliphatic carbocycles. The molecule has 0 saturated heterocycles. The molecule has 6 nitrogen and oxygen atoms in total. The van der Waals surface area contributed by atoms with Crippen molar-refractivity contribution < 1.29 is 9.47 Å². The number of rotatable bonds is 12. The molecule has 0 N–H and O–H groups in total. The molecular formula is C17H28N4O2S2. The van der Waals surface area contributed by atoms with Crippen molar-refractivity contribution in [2.75, 3.05) is 24.7 Å². The van der Waals surface area contributed by atoms with Gasteiger partial charge >= 0.3 is 0 Å². The van der Waals surface area contributed by atoms with E-state index < -0.39 is 0 Å². The highest BCUT2D eigenvalue weighted by Gasteiger charge is 2.17. The SMILES string of the molecule is CCCSc1nc(SCCC)c2cnn(CC(OCC)OCC)c2n1. The summed E-state index contributed by atoms with van der Waals surface area (Å²) in [5.74, 6) is 2.05. The third kappa shape index (κ3) is 5.84. The summed E-state index contributed by atoms with van der Waals surface area (Å²) in [5, 5.41) is 7.36. The van der Waals surface area contributed by atoms with Gasteiger partial charge < -0.3 is 9.47 Å². The van der Waals surface area contributed by atoms with Crippen molar-refractivity contribution in [3.63, 3.8) is 0 Å². The van der Waals surface area contributed by atoms with Gasteiger partial charge in [0.15, 0.2) is 17.1 Å². The predicted molar refractivity (Wildman–Crippen MR) is 104 cm³/mol. The summed E-state index contributed by atoms with van der Waals surface area (Å²) in [5.41, 5.74) is 0.858. The molecule has 0 aliphatic rings. The molecule has 140 valence electrons. The topological polar surface area (TPSA) is 62.1 Å². The second kappa shape index (κ2) is 11.0. The third-order valence-electron chi connectivity index (χ3n) is 3.35. The molecule has 0 aliphatic heterocycles. The number of thioether (sulfide) groups is 2. The minimum atomic E-state index is -0.313. The average Bonchev–Trinajstić information content (AvgIpc) is 3.01. The van der Waals surface area contributed by atoms with Crippen molar-refractivity contribution in [3.8, 4) is 0 Å². The highest BCUT2D eigenvalue weighted by Crippen LogP contribution is 2.28. The van der Waals surface area contributed by atoms with E-state index >= 15 is 0 Å². The molecule has 2 heterocycles. The van der Waals surface area contributed by atoms with Gasteiger partial charge in [0.05, 0.1) is 18.1 Å². The zero-order valence-electron chi connectivity index (χ0n) is 15.5. The summed E-state index contributed by atoms with van der Waals surface area (Å²) in [7, 11) is 0. The van der Waals surface area contributed by atoms with Crippen LogP contribution in [-0.4, -0.2) is 50.8 Å². The third-order valence-corrected chi connectivity index (χ3v) is 5.60. The van der Waals surface area contributed by atoms with Crippen molar-refractivity contribution in [2.45, 2.75) is 63.6 Å². The fourth-order valence-corrected chi connectivity index (χ4v) is 3.88. The minimum absolute atomic E-state index is 0.313. The van der Waals surface area contributed by atoms with Crippen LogP contribution in [-0.2, 0) is 16.0 Å². The molecule has 0 spiro atoms. The first kappa shape index (κ1) is 20.5. The molecule has 0 aromatic carbocycles. The van der Waals surface area contributed by atoms with Crippen LogP contribution in [0.4, 0.5) is 0 Å². The fourth-order valence-electron chi connectivity index (χ4n) is 2.28. The van der Waals surface area contributed by atoms with E-state index in [-0.39, 0.29) is 6.29 Å². The lowest BCUT2D eigenvalue weighted by molar-refractivity contribution is -0.144. The standard InChI is InChI=1S/C17H28N4O2S2/c1-5-9-24-16-13-11-18-21(12-14(22-7-3)23-8-4)15(13)19-17(20-16)25-10-6-2/h11,14H,5-10,12H2,1-4H3. The van der Waals surface area contributed by atoms with Crippen molar-refractivity contribution in [1.29, 1.82) is 0 Å². The number of fused-ring (bicyclic) bond motifs is 1. The number of hydrogen-bond donors (Lipinski definition) is 0. The number of nitrogens with zero attached hydrogens (tertiary/aromatic N) is 4. The molecule has 0 radical (unpaired) electrons. The van der Waals surface area contributed by atoms with Gasteiger partial charge in [0.2, 0.25) is 0 Å². The average molecular weight is 385 g/mol. The summed E-state index contributed by atoms with van der Waals surface area (Å²) in [6.45, 7) is 10.0. The maximum atomic E-state index is 5.66. The smallest absolute Gasteiger partial charge is 0.190 e. The first-order valence-electron chi connectivity index (χ1n) is 8.95. The molecule has 0 fully saturated rings. The van der Waals surface area contributed by atoms with Crippen LogP contribution in [0.3, 0.4) is 0 Å². The molecule has 2 aromatic rings. The van der Waals surface area contributed by atoms with Crippen LogP contribution in [0.2, 0.25) is 0 Å². The van der Waals surface area contributed by atoms with Crippen LogP contribution in [0.1, 0.15) is 40.5 Å².